The van der Waals surface area contributed by atoms with E-state index in [-0.39, 0.29) is 6.04 Å². The molecule has 1 aromatic carbocycles. The molecule has 0 bridgehead atoms. The van der Waals surface area contributed by atoms with Crippen LogP contribution in [0.1, 0.15) is 11.6 Å². The Balaban J connectivity index is 1.97. The Bertz CT molecular complexity index is 498. The number of aryl methyl sites for hydroxylation is 1. The first kappa shape index (κ1) is 12.7. The highest BCUT2D eigenvalue weighted by atomic mass is 79.9. The van der Waals surface area contributed by atoms with Gasteiger partial charge in [0.2, 0.25) is 0 Å². The third kappa shape index (κ3) is 3.34. The topological polar surface area (TPSA) is 43.8 Å². The van der Waals surface area contributed by atoms with Gasteiger partial charge in [0.1, 0.15) is 0 Å². The molecule has 90 valence electrons. The molecule has 1 unspecified atom stereocenters. The number of nitrogens with two attached hydrogens (primary N) is 1. The van der Waals surface area contributed by atoms with Gasteiger partial charge in [-0.2, -0.15) is 5.10 Å². The summed E-state index contributed by atoms with van der Waals surface area (Å²) < 4.78 is 2.89. The molecule has 0 amide bonds. The van der Waals surface area contributed by atoms with Crippen LogP contribution in [-0.4, -0.2) is 15.5 Å². The molecular formula is C12H14BrN3S. The predicted molar refractivity (Wildman–Crippen MR) is 75.0 cm³/mol. The summed E-state index contributed by atoms with van der Waals surface area (Å²) >= 11 is 5.28. The molecule has 0 aliphatic heterocycles. The van der Waals surface area contributed by atoms with Gasteiger partial charge >= 0.3 is 0 Å². The van der Waals surface area contributed by atoms with Crippen LogP contribution < -0.4 is 5.73 Å². The fourth-order valence-electron chi connectivity index (χ4n) is 1.47. The molecule has 3 nitrogen and oxygen atoms in total. The van der Waals surface area contributed by atoms with Crippen LogP contribution in [0.25, 0.3) is 0 Å². The van der Waals surface area contributed by atoms with Gasteiger partial charge in [-0.1, -0.05) is 12.1 Å². The van der Waals surface area contributed by atoms with E-state index in [4.69, 9.17) is 5.73 Å². The van der Waals surface area contributed by atoms with Crippen LogP contribution in [0, 0.1) is 0 Å². The normalized spacial score (nSPS) is 12.6. The summed E-state index contributed by atoms with van der Waals surface area (Å²) in [4.78, 5) is 1.21. The highest BCUT2D eigenvalue weighted by Crippen LogP contribution is 2.29. The Kier molecular flexibility index (Phi) is 4.25. The van der Waals surface area contributed by atoms with Crippen LogP contribution in [0.2, 0.25) is 0 Å². The van der Waals surface area contributed by atoms with Gasteiger partial charge in [0.05, 0.1) is 6.20 Å². The van der Waals surface area contributed by atoms with Crippen LogP contribution in [0.5, 0.6) is 0 Å². The largest absolute Gasteiger partial charge is 0.323 e. The average Bonchev–Trinajstić information content (AvgIpc) is 2.74. The fraction of sp³-hybridized carbons (Fsp3) is 0.250. The summed E-state index contributed by atoms with van der Waals surface area (Å²) in [6.07, 6.45) is 3.79. The first-order valence-corrected chi connectivity index (χ1v) is 7.06. The zero-order chi connectivity index (χ0) is 12.3. The summed E-state index contributed by atoms with van der Waals surface area (Å²) in [7, 11) is 1.90. The molecule has 2 aromatic rings. The second-order valence-corrected chi connectivity index (χ2v) is 5.71. The Morgan fingerprint density at radius 2 is 2.24 bits per heavy atom. The van der Waals surface area contributed by atoms with Crippen molar-refractivity contribution in [2.24, 2.45) is 12.8 Å². The maximum atomic E-state index is 6.12. The molecule has 0 saturated carbocycles. The number of halogens is 1. The number of hydrogen-bond acceptors (Lipinski definition) is 3. The number of benzene rings is 1. The van der Waals surface area contributed by atoms with Crippen LogP contribution in [0.15, 0.2) is 46.0 Å². The zero-order valence-corrected chi connectivity index (χ0v) is 11.9. The third-order valence-corrected chi connectivity index (χ3v) is 4.55. The minimum absolute atomic E-state index is 0.0146. The average molecular weight is 312 g/mol. The maximum absolute atomic E-state index is 6.12. The monoisotopic (exact) mass is 311 g/mol. The van der Waals surface area contributed by atoms with Crippen molar-refractivity contribution in [3.8, 4) is 0 Å². The number of aromatic nitrogens is 2. The van der Waals surface area contributed by atoms with Crippen molar-refractivity contribution in [3.05, 3.63) is 46.7 Å². The second kappa shape index (κ2) is 5.71. The molecule has 0 aliphatic rings. The summed E-state index contributed by atoms with van der Waals surface area (Å²) in [6.45, 7) is 0. The lowest BCUT2D eigenvalue weighted by molar-refractivity contribution is 0.763. The molecule has 17 heavy (non-hydrogen) atoms. The maximum Gasteiger partial charge on any atom is 0.0537 e. The standard InChI is InChI=1S/C12H14BrN3S/c1-16-7-9(6-15-16)11(14)8-17-12-5-3-2-4-10(12)13/h2-7,11H,8,14H2,1H3. The molecule has 0 fully saturated rings. The van der Waals surface area contributed by atoms with Crippen molar-refractivity contribution in [1.82, 2.24) is 9.78 Å². The molecular weight excluding hydrogens is 298 g/mol. The summed E-state index contributed by atoms with van der Waals surface area (Å²) in [5.74, 6) is 0.842. The summed E-state index contributed by atoms with van der Waals surface area (Å²) in [5, 5.41) is 4.13. The smallest absolute Gasteiger partial charge is 0.0537 e. The molecule has 1 aromatic heterocycles. The fourth-order valence-corrected chi connectivity index (χ4v) is 3.03. The minimum Gasteiger partial charge on any atom is -0.323 e. The van der Waals surface area contributed by atoms with Gasteiger partial charge in [0, 0.05) is 40.0 Å². The van der Waals surface area contributed by atoms with Crippen molar-refractivity contribution in [2.75, 3.05) is 5.75 Å². The Labute approximate surface area is 114 Å². The van der Waals surface area contributed by atoms with Gasteiger partial charge in [0.15, 0.2) is 0 Å². The first-order chi connectivity index (χ1) is 8.16. The molecule has 0 saturated heterocycles. The predicted octanol–water partition coefficient (Wildman–Crippen LogP) is 2.97. The van der Waals surface area contributed by atoms with Gasteiger partial charge < -0.3 is 5.73 Å². The molecule has 5 heteroatoms. The van der Waals surface area contributed by atoms with E-state index in [1.807, 2.05) is 37.6 Å². The molecule has 2 rings (SSSR count). The lowest BCUT2D eigenvalue weighted by Crippen LogP contribution is -2.12. The molecule has 2 N–H and O–H groups in total. The second-order valence-electron chi connectivity index (χ2n) is 3.80. The van der Waals surface area contributed by atoms with E-state index in [9.17, 15) is 0 Å². The van der Waals surface area contributed by atoms with Gasteiger partial charge in [-0.05, 0) is 28.1 Å². The van der Waals surface area contributed by atoms with Crippen molar-refractivity contribution >= 4 is 27.7 Å². The Hall–Kier alpha value is -0.780. The van der Waals surface area contributed by atoms with E-state index in [0.29, 0.717) is 0 Å². The quantitative estimate of drug-likeness (QED) is 0.883. The Morgan fingerprint density at radius 1 is 1.47 bits per heavy atom. The van der Waals surface area contributed by atoms with Crippen molar-refractivity contribution in [3.63, 3.8) is 0 Å². The number of thioether (sulfide) groups is 1. The first-order valence-electron chi connectivity index (χ1n) is 5.28. The van der Waals surface area contributed by atoms with Gasteiger partial charge in [0.25, 0.3) is 0 Å². The van der Waals surface area contributed by atoms with E-state index >= 15 is 0 Å². The van der Waals surface area contributed by atoms with E-state index in [2.05, 4.69) is 27.1 Å². The third-order valence-electron chi connectivity index (χ3n) is 2.41. The van der Waals surface area contributed by atoms with E-state index in [1.165, 1.54) is 4.90 Å². The van der Waals surface area contributed by atoms with Crippen LogP contribution in [-0.2, 0) is 7.05 Å². The SMILES string of the molecule is Cn1cc(C(N)CSc2ccccc2Br)cn1. The molecule has 1 heterocycles. The van der Waals surface area contributed by atoms with Gasteiger partial charge in [-0.15, -0.1) is 11.8 Å². The number of hydrogen-bond donors (Lipinski definition) is 1. The summed E-state index contributed by atoms with van der Waals surface area (Å²) in [5.41, 5.74) is 7.19. The van der Waals surface area contributed by atoms with E-state index < -0.39 is 0 Å². The van der Waals surface area contributed by atoms with Gasteiger partial charge in [-0.25, -0.2) is 0 Å². The van der Waals surface area contributed by atoms with Crippen LogP contribution in [0.4, 0.5) is 0 Å². The van der Waals surface area contributed by atoms with E-state index in [0.717, 1.165) is 15.8 Å². The van der Waals surface area contributed by atoms with Crippen LogP contribution in [0.3, 0.4) is 0 Å². The summed E-state index contributed by atoms with van der Waals surface area (Å²) in [6, 6.07) is 8.18. The van der Waals surface area contributed by atoms with Crippen molar-refractivity contribution in [1.29, 1.82) is 0 Å². The molecule has 0 radical (unpaired) electrons. The van der Waals surface area contributed by atoms with Gasteiger partial charge in [-0.3, -0.25) is 4.68 Å². The number of nitrogens with zero attached hydrogens (tertiary/aromatic N) is 2. The molecule has 0 aliphatic carbocycles. The lowest BCUT2D eigenvalue weighted by Gasteiger charge is -2.09. The molecule has 0 spiro atoms. The number of rotatable bonds is 4. The minimum atomic E-state index is 0.0146. The lowest BCUT2D eigenvalue weighted by atomic mass is 10.2. The Morgan fingerprint density at radius 3 is 2.88 bits per heavy atom. The zero-order valence-electron chi connectivity index (χ0n) is 9.51. The van der Waals surface area contributed by atoms with Crippen molar-refractivity contribution in [2.45, 2.75) is 10.9 Å². The molecule has 1 atom stereocenters. The van der Waals surface area contributed by atoms with E-state index in [1.54, 1.807) is 16.4 Å². The highest BCUT2D eigenvalue weighted by molar-refractivity contribution is 9.10. The highest BCUT2D eigenvalue weighted by Gasteiger charge is 2.09. The van der Waals surface area contributed by atoms with Crippen LogP contribution >= 0.6 is 27.7 Å². The van der Waals surface area contributed by atoms with Crippen molar-refractivity contribution < 1.29 is 0 Å².